The predicted molar refractivity (Wildman–Crippen MR) is 84.7 cm³/mol. The maximum atomic E-state index is 12.3. The molecule has 1 aromatic rings. The first-order chi connectivity index (χ1) is 11.2. The standard InChI is InChI=1S/C16H20N4O4/c1-9(21)19-20(15(23)18-4)13-11-7-10(8-17)5-6-12(11)24-16(2,3)14(13)22/h5-7,13-14,22H,1-4H3,(H,18,23)(H,19,21)/t13-,14+/m0/s1. The highest BCUT2D eigenvalue weighted by molar-refractivity contribution is 5.80. The molecule has 8 nitrogen and oxygen atoms in total. The van der Waals surface area contributed by atoms with Gasteiger partial charge in [0.05, 0.1) is 11.6 Å². The van der Waals surface area contributed by atoms with Crippen LogP contribution in [0.4, 0.5) is 4.79 Å². The molecule has 1 heterocycles. The third-order valence-electron chi connectivity index (χ3n) is 3.83. The van der Waals surface area contributed by atoms with Gasteiger partial charge in [0, 0.05) is 19.5 Å². The zero-order valence-electron chi connectivity index (χ0n) is 14.0. The van der Waals surface area contributed by atoms with Gasteiger partial charge in [-0.25, -0.2) is 9.80 Å². The summed E-state index contributed by atoms with van der Waals surface area (Å²) in [6, 6.07) is 5.24. The third kappa shape index (κ3) is 3.12. The van der Waals surface area contributed by atoms with Gasteiger partial charge < -0.3 is 15.2 Å². The number of aliphatic hydroxyl groups is 1. The van der Waals surface area contributed by atoms with Crippen molar-refractivity contribution >= 4 is 11.9 Å². The molecule has 2 atom stereocenters. The van der Waals surface area contributed by atoms with Crippen LogP contribution in [0.15, 0.2) is 18.2 Å². The number of nitrogens with zero attached hydrogens (tertiary/aromatic N) is 2. The van der Waals surface area contributed by atoms with Crippen molar-refractivity contribution in [1.29, 1.82) is 5.26 Å². The molecule has 3 N–H and O–H groups in total. The van der Waals surface area contributed by atoms with Gasteiger partial charge in [-0.3, -0.25) is 10.2 Å². The summed E-state index contributed by atoms with van der Waals surface area (Å²) < 4.78 is 5.80. The van der Waals surface area contributed by atoms with Crippen molar-refractivity contribution < 1.29 is 19.4 Å². The van der Waals surface area contributed by atoms with Crippen LogP contribution in [0.25, 0.3) is 0 Å². The first kappa shape index (κ1) is 17.6. The number of benzene rings is 1. The molecule has 1 aliphatic heterocycles. The Balaban J connectivity index is 2.62. The van der Waals surface area contributed by atoms with Gasteiger partial charge in [-0.1, -0.05) is 0 Å². The van der Waals surface area contributed by atoms with Crippen molar-refractivity contribution in [1.82, 2.24) is 15.8 Å². The quantitative estimate of drug-likeness (QED) is 0.659. The highest BCUT2D eigenvalue weighted by Crippen LogP contribution is 2.42. The number of ether oxygens (including phenoxy) is 1. The Morgan fingerprint density at radius 2 is 2.08 bits per heavy atom. The van der Waals surface area contributed by atoms with E-state index >= 15 is 0 Å². The van der Waals surface area contributed by atoms with Crippen LogP contribution in [-0.4, -0.2) is 40.8 Å². The number of nitrogens with one attached hydrogen (secondary N) is 2. The zero-order valence-corrected chi connectivity index (χ0v) is 14.0. The molecule has 1 aliphatic rings. The number of nitriles is 1. The van der Waals surface area contributed by atoms with Gasteiger partial charge in [0.2, 0.25) is 5.91 Å². The van der Waals surface area contributed by atoms with Crippen LogP contribution >= 0.6 is 0 Å². The molecule has 8 heteroatoms. The highest BCUT2D eigenvalue weighted by Gasteiger charge is 2.47. The summed E-state index contributed by atoms with van der Waals surface area (Å²) in [5.74, 6) is -0.0263. The van der Waals surface area contributed by atoms with E-state index in [0.29, 0.717) is 16.9 Å². The van der Waals surface area contributed by atoms with Crippen LogP contribution in [0.1, 0.15) is 37.9 Å². The van der Waals surface area contributed by atoms with Gasteiger partial charge in [0.1, 0.15) is 23.5 Å². The molecular weight excluding hydrogens is 312 g/mol. The van der Waals surface area contributed by atoms with E-state index in [1.807, 2.05) is 6.07 Å². The number of carbonyl (C=O) groups is 2. The Bertz CT molecular complexity index is 711. The predicted octanol–water partition coefficient (Wildman–Crippen LogP) is 0.824. The van der Waals surface area contributed by atoms with Crippen molar-refractivity contribution in [3.63, 3.8) is 0 Å². The molecule has 0 aliphatic carbocycles. The summed E-state index contributed by atoms with van der Waals surface area (Å²) in [7, 11) is 1.42. The van der Waals surface area contributed by atoms with Crippen LogP contribution in [0.2, 0.25) is 0 Å². The van der Waals surface area contributed by atoms with Gasteiger partial charge >= 0.3 is 6.03 Å². The van der Waals surface area contributed by atoms with Crippen LogP contribution in [0.5, 0.6) is 5.75 Å². The Kier molecular flexibility index (Phi) is 4.66. The number of rotatable bonds is 1. The smallest absolute Gasteiger partial charge is 0.336 e. The number of fused-ring (bicyclic) bond motifs is 1. The second-order valence-corrected chi connectivity index (χ2v) is 6.05. The first-order valence-electron chi connectivity index (χ1n) is 7.40. The van der Waals surface area contributed by atoms with E-state index in [4.69, 9.17) is 10.00 Å². The normalized spacial score (nSPS) is 20.8. The number of urea groups is 1. The molecule has 0 fully saturated rings. The van der Waals surface area contributed by atoms with Gasteiger partial charge in [-0.05, 0) is 32.0 Å². The lowest BCUT2D eigenvalue weighted by molar-refractivity contribution is -0.129. The van der Waals surface area contributed by atoms with E-state index in [9.17, 15) is 14.7 Å². The molecule has 2 rings (SSSR count). The highest BCUT2D eigenvalue weighted by atomic mass is 16.5. The van der Waals surface area contributed by atoms with Crippen molar-refractivity contribution in [2.24, 2.45) is 0 Å². The molecule has 0 spiro atoms. The van der Waals surface area contributed by atoms with Crippen LogP contribution < -0.4 is 15.5 Å². The molecule has 24 heavy (non-hydrogen) atoms. The largest absolute Gasteiger partial charge is 0.485 e. The summed E-state index contributed by atoms with van der Waals surface area (Å²) >= 11 is 0. The number of hydrogen-bond donors (Lipinski definition) is 3. The number of aliphatic hydroxyl groups excluding tert-OH is 1. The summed E-state index contributed by atoms with van der Waals surface area (Å²) in [6.07, 6.45) is -1.14. The topological polar surface area (TPSA) is 115 Å². The third-order valence-corrected chi connectivity index (χ3v) is 3.83. The second kappa shape index (κ2) is 6.37. The Labute approximate surface area is 140 Å². The minimum atomic E-state index is -1.14. The van der Waals surface area contributed by atoms with E-state index in [1.54, 1.807) is 26.0 Å². The molecule has 0 radical (unpaired) electrons. The maximum absolute atomic E-state index is 12.3. The minimum absolute atomic E-state index is 0.355. The molecule has 0 aromatic heterocycles. The monoisotopic (exact) mass is 332 g/mol. The fraction of sp³-hybridized carbons (Fsp3) is 0.438. The molecular formula is C16H20N4O4. The lowest BCUT2D eigenvalue weighted by Gasteiger charge is -2.45. The number of hydrazine groups is 1. The molecule has 0 saturated carbocycles. The Morgan fingerprint density at radius 1 is 1.42 bits per heavy atom. The maximum Gasteiger partial charge on any atom is 0.336 e. The zero-order chi connectivity index (χ0) is 18.1. The fourth-order valence-electron chi connectivity index (χ4n) is 2.65. The molecule has 0 unspecified atom stereocenters. The summed E-state index contributed by atoms with van der Waals surface area (Å²) in [6.45, 7) is 4.63. The summed E-state index contributed by atoms with van der Waals surface area (Å²) in [4.78, 5) is 23.8. The van der Waals surface area contributed by atoms with Crippen molar-refractivity contribution in [3.05, 3.63) is 29.3 Å². The van der Waals surface area contributed by atoms with Crippen molar-refractivity contribution in [3.8, 4) is 11.8 Å². The van der Waals surface area contributed by atoms with E-state index in [1.165, 1.54) is 20.0 Å². The van der Waals surface area contributed by atoms with Crippen LogP contribution in [0, 0.1) is 11.3 Å². The molecule has 3 amide bonds. The Hall–Kier alpha value is -2.79. The first-order valence-corrected chi connectivity index (χ1v) is 7.40. The summed E-state index contributed by atoms with van der Waals surface area (Å²) in [5, 5.41) is 23.3. The van der Waals surface area contributed by atoms with Gasteiger partial charge in [0.15, 0.2) is 0 Å². The average molecular weight is 332 g/mol. The molecule has 0 bridgehead atoms. The van der Waals surface area contributed by atoms with Crippen molar-refractivity contribution in [2.45, 2.75) is 38.5 Å². The minimum Gasteiger partial charge on any atom is -0.485 e. The van der Waals surface area contributed by atoms with E-state index in [0.717, 1.165) is 5.01 Å². The van der Waals surface area contributed by atoms with Crippen LogP contribution in [-0.2, 0) is 4.79 Å². The number of amides is 3. The Morgan fingerprint density at radius 3 is 2.62 bits per heavy atom. The lowest BCUT2D eigenvalue weighted by atomic mass is 9.85. The molecule has 1 aromatic carbocycles. The van der Waals surface area contributed by atoms with Gasteiger partial charge in [0.25, 0.3) is 0 Å². The van der Waals surface area contributed by atoms with E-state index in [-0.39, 0.29) is 0 Å². The second-order valence-electron chi connectivity index (χ2n) is 6.05. The fourth-order valence-corrected chi connectivity index (χ4v) is 2.65. The van der Waals surface area contributed by atoms with Gasteiger partial charge in [-0.15, -0.1) is 0 Å². The SMILES string of the molecule is CNC(=O)N(NC(C)=O)[C@H]1c2cc(C#N)ccc2OC(C)(C)[C@@H]1O. The van der Waals surface area contributed by atoms with E-state index in [2.05, 4.69) is 10.7 Å². The van der Waals surface area contributed by atoms with Crippen LogP contribution in [0.3, 0.4) is 0 Å². The lowest BCUT2D eigenvalue weighted by Crippen LogP contribution is -2.60. The average Bonchev–Trinajstić information content (AvgIpc) is 2.53. The van der Waals surface area contributed by atoms with E-state index < -0.39 is 29.7 Å². The number of carbonyl (C=O) groups excluding carboxylic acids is 2. The number of hydrogen-bond acceptors (Lipinski definition) is 5. The molecule has 128 valence electrons. The van der Waals surface area contributed by atoms with Gasteiger partial charge in [-0.2, -0.15) is 5.26 Å². The van der Waals surface area contributed by atoms with Crippen molar-refractivity contribution in [2.75, 3.05) is 7.05 Å². The summed E-state index contributed by atoms with van der Waals surface area (Å²) in [5.41, 5.74) is 2.23. The molecule has 0 saturated heterocycles.